The number of carboxylic acid groups (broad SMARTS) is 1. The summed E-state index contributed by atoms with van der Waals surface area (Å²) in [5.74, 6) is -0.0872. The summed E-state index contributed by atoms with van der Waals surface area (Å²) in [6, 6.07) is 7.15. The van der Waals surface area contributed by atoms with Crippen LogP contribution >= 0.6 is 11.6 Å². The van der Waals surface area contributed by atoms with Crippen LogP contribution in [-0.4, -0.2) is 30.8 Å². The largest absolute Gasteiger partial charge is 0.492 e. The number of halogens is 1. The van der Waals surface area contributed by atoms with E-state index in [0.717, 1.165) is 0 Å². The van der Waals surface area contributed by atoms with Crippen molar-refractivity contribution in [3.8, 4) is 5.75 Å². The van der Waals surface area contributed by atoms with Gasteiger partial charge in [-0.1, -0.05) is 17.7 Å². The summed E-state index contributed by atoms with van der Waals surface area (Å²) in [7, 11) is 0. The summed E-state index contributed by atoms with van der Waals surface area (Å²) in [6.07, 6.45) is 0.122. The molecule has 88 valence electrons. The van der Waals surface area contributed by atoms with Crippen molar-refractivity contribution in [1.29, 1.82) is 0 Å². The molecule has 0 saturated carbocycles. The van der Waals surface area contributed by atoms with Gasteiger partial charge >= 0.3 is 5.97 Å². The summed E-state index contributed by atoms with van der Waals surface area (Å²) >= 11 is 5.78. The van der Waals surface area contributed by atoms with Gasteiger partial charge in [0.15, 0.2) is 0 Å². The van der Waals surface area contributed by atoms with Crippen LogP contribution in [0.1, 0.15) is 6.42 Å². The second-order valence-corrected chi connectivity index (χ2v) is 3.64. The van der Waals surface area contributed by atoms with Crippen LogP contribution in [0.15, 0.2) is 24.3 Å². The number of nitrogens with one attached hydrogen (secondary N) is 1. The monoisotopic (exact) mass is 243 g/mol. The molecule has 5 heteroatoms. The van der Waals surface area contributed by atoms with E-state index in [4.69, 9.17) is 21.4 Å². The Hall–Kier alpha value is -1.26. The third-order valence-electron chi connectivity index (χ3n) is 1.86. The molecule has 0 aromatic heterocycles. The number of benzene rings is 1. The molecule has 1 rings (SSSR count). The van der Waals surface area contributed by atoms with E-state index in [1.54, 1.807) is 12.1 Å². The summed E-state index contributed by atoms with van der Waals surface area (Å²) in [5.41, 5.74) is 0. The molecule has 2 N–H and O–H groups in total. The van der Waals surface area contributed by atoms with Gasteiger partial charge in [-0.25, -0.2) is 0 Å². The summed E-state index contributed by atoms with van der Waals surface area (Å²) < 4.78 is 5.40. The molecule has 0 bridgehead atoms. The molecule has 16 heavy (non-hydrogen) atoms. The van der Waals surface area contributed by atoms with Gasteiger partial charge in [0.1, 0.15) is 12.4 Å². The maximum absolute atomic E-state index is 10.2. The van der Waals surface area contributed by atoms with E-state index in [2.05, 4.69) is 5.32 Å². The first kappa shape index (κ1) is 12.8. The Morgan fingerprint density at radius 1 is 1.44 bits per heavy atom. The molecule has 0 radical (unpaired) electrons. The van der Waals surface area contributed by atoms with E-state index < -0.39 is 5.97 Å². The number of carboxylic acids is 1. The molecule has 0 fully saturated rings. The molecule has 0 heterocycles. The Labute approximate surface area is 99.2 Å². The predicted octanol–water partition coefficient (Wildman–Crippen LogP) is 1.78. The quantitative estimate of drug-likeness (QED) is 0.717. The van der Waals surface area contributed by atoms with Crippen LogP contribution in [-0.2, 0) is 4.79 Å². The van der Waals surface area contributed by atoms with Crippen LogP contribution in [0.2, 0.25) is 5.02 Å². The maximum Gasteiger partial charge on any atom is 0.304 e. The topological polar surface area (TPSA) is 58.6 Å². The van der Waals surface area contributed by atoms with E-state index >= 15 is 0 Å². The lowest BCUT2D eigenvalue weighted by Gasteiger charge is -2.06. The van der Waals surface area contributed by atoms with Gasteiger partial charge in [-0.05, 0) is 18.2 Å². The Bertz CT molecular complexity index is 344. The number of hydrogen-bond acceptors (Lipinski definition) is 3. The molecule has 0 aliphatic heterocycles. The molecule has 0 unspecified atom stereocenters. The van der Waals surface area contributed by atoms with Gasteiger partial charge in [0, 0.05) is 18.1 Å². The third kappa shape index (κ3) is 5.58. The number of aliphatic carboxylic acids is 1. The zero-order valence-corrected chi connectivity index (χ0v) is 9.54. The zero-order chi connectivity index (χ0) is 11.8. The fraction of sp³-hybridized carbons (Fsp3) is 0.364. The Kier molecular flexibility index (Phi) is 5.67. The first-order valence-corrected chi connectivity index (χ1v) is 5.37. The van der Waals surface area contributed by atoms with Gasteiger partial charge in [-0.15, -0.1) is 0 Å². The van der Waals surface area contributed by atoms with Crippen molar-refractivity contribution in [2.45, 2.75) is 6.42 Å². The highest BCUT2D eigenvalue weighted by atomic mass is 35.5. The molecule has 0 aliphatic carbocycles. The van der Waals surface area contributed by atoms with Crippen LogP contribution in [0.3, 0.4) is 0 Å². The van der Waals surface area contributed by atoms with Crippen molar-refractivity contribution in [3.63, 3.8) is 0 Å². The van der Waals surface area contributed by atoms with E-state index in [1.807, 2.05) is 12.1 Å². The fourth-order valence-electron chi connectivity index (χ4n) is 1.12. The van der Waals surface area contributed by atoms with E-state index in [0.29, 0.717) is 30.5 Å². The minimum absolute atomic E-state index is 0.122. The van der Waals surface area contributed by atoms with Crippen LogP contribution in [0.4, 0.5) is 0 Å². The molecular formula is C11H14ClNO3. The molecule has 0 spiro atoms. The first-order valence-electron chi connectivity index (χ1n) is 4.99. The minimum atomic E-state index is -0.803. The van der Waals surface area contributed by atoms with Gasteiger partial charge in [0.2, 0.25) is 0 Å². The predicted molar refractivity (Wildman–Crippen MR) is 62.1 cm³/mol. The summed E-state index contributed by atoms with van der Waals surface area (Å²) in [6.45, 7) is 1.55. The number of rotatable bonds is 7. The lowest BCUT2D eigenvalue weighted by molar-refractivity contribution is -0.136. The maximum atomic E-state index is 10.2. The third-order valence-corrected chi connectivity index (χ3v) is 2.09. The number of carbonyl (C=O) groups is 1. The van der Waals surface area contributed by atoms with Crippen molar-refractivity contribution in [1.82, 2.24) is 5.32 Å². The SMILES string of the molecule is O=C(O)CCNCCOc1cccc(Cl)c1. The average Bonchev–Trinajstić information content (AvgIpc) is 2.23. The van der Waals surface area contributed by atoms with Crippen LogP contribution in [0.5, 0.6) is 5.75 Å². The van der Waals surface area contributed by atoms with E-state index in [1.165, 1.54) is 0 Å². The molecule has 0 aliphatic rings. The lowest BCUT2D eigenvalue weighted by Crippen LogP contribution is -2.23. The Morgan fingerprint density at radius 2 is 2.25 bits per heavy atom. The second-order valence-electron chi connectivity index (χ2n) is 3.20. The summed E-state index contributed by atoms with van der Waals surface area (Å²) in [5, 5.41) is 12.0. The molecule has 0 saturated heterocycles. The molecule has 1 aromatic rings. The fourth-order valence-corrected chi connectivity index (χ4v) is 1.30. The van der Waals surface area contributed by atoms with Crippen molar-refractivity contribution in [2.24, 2.45) is 0 Å². The standard InChI is InChI=1S/C11H14ClNO3/c12-9-2-1-3-10(8-9)16-7-6-13-5-4-11(14)15/h1-3,8,13H,4-7H2,(H,14,15). The van der Waals surface area contributed by atoms with Gasteiger partial charge in [-0.3, -0.25) is 4.79 Å². The van der Waals surface area contributed by atoms with Crippen LogP contribution in [0, 0.1) is 0 Å². The molecular weight excluding hydrogens is 230 g/mol. The zero-order valence-electron chi connectivity index (χ0n) is 8.78. The Morgan fingerprint density at radius 3 is 2.94 bits per heavy atom. The van der Waals surface area contributed by atoms with Crippen molar-refractivity contribution in [2.75, 3.05) is 19.7 Å². The highest BCUT2D eigenvalue weighted by Gasteiger charge is 1.96. The highest BCUT2D eigenvalue weighted by molar-refractivity contribution is 6.30. The second kappa shape index (κ2) is 7.09. The summed E-state index contributed by atoms with van der Waals surface area (Å²) in [4.78, 5) is 10.2. The highest BCUT2D eigenvalue weighted by Crippen LogP contribution is 2.16. The van der Waals surface area contributed by atoms with Crippen LogP contribution < -0.4 is 10.1 Å². The van der Waals surface area contributed by atoms with Crippen LogP contribution in [0.25, 0.3) is 0 Å². The molecule has 0 amide bonds. The molecule has 4 nitrogen and oxygen atoms in total. The average molecular weight is 244 g/mol. The van der Waals surface area contributed by atoms with Crippen molar-refractivity contribution in [3.05, 3.63) is 29.3 Å². The smallest absolute Gasteiger partial charge is 0.304 e. The van der Waals surface area contributed by atoms with Crippen molar-refractivity contribution >= 4 is 17.6 Å². The van der Waals surface area contributed by atoms with Gasteiger partial charge in [-0.2, -0.15) is 0 Å². The molecule has 1 aromatic carbocycles. The Balaban J connectivity index is 2.09. The van der Waals surface area contributed by atoms with Gasteiger partial charge < -0.3 is 15.2 Å². The van der Waals surface area contributed by atoms with E-state index in [9.17, 15) is 4.79 Å². The van der Waals surface area contributed by atoms with Crippen molar-refractivity contribution < 1.29 is 14.6 Å². The van der Waals surface area contributed by atoms with Gasteiger partial charge in [0.25, 0.3) is 0 Å². The lowest BCUT2D eigenvalue weighted by atomic mass is 10.3. The minimum Gasteiger partial charge on any atom is -0.492 e. The number of hydrogen-bond donors (Lipinski definition) is 2. The normalized spacial score (nSPS) is 10.1. The number of ether oxygens (including phenoxy) is 1. The molecule has 0 atom stereocenters. The van der Waals surface area contributed by atoms with Gasteiger partial charge in [0.05, 0.1) is 6.42 Å². The first-order chi connectivity index (χ1) is 7.68. The van der Waals surface area contributed by atoms with E-state index in [-0.39, 0.29) is 6.42 Å².